The van der Waals surface area contributed by atoms with Gasteiger partial charge < -0.3 is 5.11 Å². The quantitative estimate of drug-likeness (QED) is 0.783. The third-order valence-corrected chi connectivity index (χ3v) is 4.22. The SMILES string of the molecule is CC(C)C(C)(C)C(C)(CC(C)(C)C)C(=O)O. The number of carboxylic acid groups (broad SMARTS) is 1. The molecule has 0 amide bonds. The van der Waals surface area contributed by atoms with Gasteiger partial charge in [-0.05, 0) is 30.1 Å². The lowest BCUT2D eigenvalue weighted by molar-refractivity contribution is -0.161. The fraction of sp³-hybridized carbons (Fsp3) is 0.929. The van der Waals surface area contributed by atoms with E-state index in [1.165, 1.54) is 0 Å². The molecule has 96 valence electrons. The van der Waals surface area contributed by atoms with Gasteiger partial charge in [-0.3, -0.25) is 4.79 Å². The lowest BCUT2D eigenvalue weighted by atomic mass is 9.56. The molecule has 16 heavy (non-hydrogen) atoms. The highest BCUT2D eigenvalue weighted by atomic mass is 16.4. The van der Waals surface area contributed by atoms with E-state index in [1.54, 1.807) is 0 Å². The topological polar surface area (TPSA) is 37.3 Å². The number of hydrogen-bond donors (Lipinski definition) is 1. The molecular formula is C14H28O2. The molecular weight excluding hydrogens is 200 g/mol. The van der Waals surface area contributed by atoms with Gasteiger partial charge in [-0.2, -0.15) is 0 Å². The third kappa shape index (κ3) is 2.99. The summed E-state index contributed by atoms with van der Waals surface area (Å²) in [4.78, 5) is 11.7. The minimum atomic E-state index is -0.681. The molecule has 0 saturated heterocycles. The molecule has 0 aliphatic carbocycles. The molecule has 0 spiro atoms. The van der Waals surface area contributed by atoms with E-state index in [1.807, 2.05) is 6.92 Å². The maximum Gasteiger partial charge on any atom is 0.309 e. The molecule has 0 aromatic carbocycles. The molecule has 0 rings (SSSR count). The van der Waals surface area contributed by atoms with Crippen molar-refractivity contribution in [2.75, 3.05) is 0 Å². The molecule has 0 bridgehead atoms. The standard InChI is InChI=1S/C14H28O2/c1-10(2)13(6,7)14(8,11(15)16)9-12(3,4)5/h10H,9H2,1-8H3,(H,15,16). The van der Waals surface area contributed by atoms with E-state index in [4.69, 9.17) is 0 Å². The molecule has 1 atom stereocenters. The monoisotopic (exact) mass is 228 g/mol. The van der Waals surface area contributed by atoms with Crippen molar-refractivity contribution < 1.29 is 9.90 Å². The third-order valence-electron chi connectivity index (χ3n) is 4.22. The zero-order valence-electron chi connectivity index (χ0n) is 12.1. The Bertz CT molecular complexity index is 258. The van der Waals surface area contributed by atoms with E-state index in [-0.39, 0.29) is 10.8 Å². The van der Waals surface area contributed by atoms with Crippen molar-refractivity contribution in [2.45, 2.75) is 61.8 Å². The largest absolute Gasteiger partial charge is 0.481 e. The molecule has 2 heteroatoms. The Hall–Kier alpha value is -0.530. The van der Waals surface area contributed by atoms with Crippen LogP contribution in [0.2, 0.25) is 0 Å². The van der Waals surface area contributed by atoms with Gasteiger partial charge in [-0.25, -0.2) is 0 Å². The van der Waals surface area contributed by atoms with Crippen molar-refractivity contribution >= 4 is 5.97 Å². The van der Waals surface area contributed by atoms with Gasteiger partial charge in [0, 0.05) is 0 Å². The first kappa shape index (κ1) is 15.5. The van der Waals surface area contributed by atoms with Crippen LogP contribution in [0.1, 0.15) is 61.8 Å². The number of carbonyl (C=O) groups is 1. The summed E-state index contributed by atoms with van der Waals surface area (Å²) in [5.74, 6) is -0.336. The summed E-state index contributed by atoms with van der Waals surface area (Å²) in [7, 11) is 0. The molecule has 0 radical (unpaired) electrons. The normalized spacial score (nSPS) is 17.3. The lowest BCUT2D eigenvalue weighted by Crippen LogP contribution is -2.47. The Kier molecular flexibility index (Phi) is 4.24. The molecule has 0 aliphatic rings. The second-order valence-corrected chi connectivity index (χ2v) is 7.25. The molecule has 1 unspecified atom stereocenters. The second-order valence-electron chi connectivity index (χ2n) is 7.25. The fourth-order valence-electron chi connectivity index (χ4n) is 2.28. The smallest absolute Gasteiger partial charge is 0.309 e. The fourth-order valence-corrected chi connectivity index (χ4v) is 2.28. The second kappa shape index (κ2) is 4.38. The molecule has 2 nitrogen and oxygen atoms in total. The summed E-state index contributed by atoms with van der Waals surface area (Å²) in [6, 6.07) is 0. The minimum absolute atomic E-state index is 0.0271. The summed E-state index contributed by atoms with van der Waals surface area (Å²) < 4.78 is 0. The number of carboxylic acids is 1. The van der Waals surface area contributed by atoms with Crippen LogP contribution in [0.3, 0.4) is 0 Å². The Morgan fingerprint density at radius 3 is 1.62 bits per heavy atom. The van der Waals surface area contributed by atoms with E-state index in [0.29, 0.717) is 12.3 Å². The van der Waals surface area contributed by atoms with Gasteiger partial charge in [-0.15, -0.1) is 0 Å². The van der Waals surface area contributed by atoms with E-state index < -0.39 is 11.4 Å². The van der Waals surface area contributed by atoms with Crippen molar-refractivity contribution in [1.29, 1.82) is 0 Å². The van der Waals surface area contributed by atoms with Crippen LogP contribution in [0.4, 0.5) is 0 Å². The molecule has 1 N–H and O–H groups in total. The van der Waals surface area contributed by atoms with Gasteiger partial charge in [0.1, 0.15) is 0 Å². The highest BCUT2D eigenvalue weighted by Gasteiger charge is 2.50. The highest BCUT2D eigenvalue weighted by Crippen LogP contribution is 2.50. The number of hydrogen-bond acceptors (Lipinski definition) is 1. The van der Waals surface area contributed by atoms with Crippen LogP contribution in [0, 0.1) is 22.2 Å². The minimum Gasteiger partial charge on any atom is -0.481 e. The average Bonchev–Trinajstić information content (AvgIpc) is 1.99. The van der Waals surface area contributed by atoms with Gasteiger partial charge in [0.05, 0.1) is 5.41 Å². The van der Waals surface area contributed by atoms with E-state index in [0.717, 1.165) is 0 Å². The summed E-state index contributed by atoms with van der Waals surface area (Å²) in [5.41, 5.74) is -0.870. The average molecular weight is 228 g/mol. The maximum absolute atomic E-state index is 11.7. The van der Waals surface area contributed by atoms with Crippen molar-refractivity contribution in [3.63, 3.8) is 0 Å². The Morgan fingerprint density at radius 1 is 1.06 bits per heavy atom. The Balaban J connectivity index is 5.37. The summed E-state index contributed by atoms with van der Waals surface area (Å²) in [6.07, 6.45) is 0.695. The van der Waals surface area contributed by atoms with E-state index in [2.05, 4.69) is 48.5 Å². The van der Waals surface area contributed by atoms with Gasteiger partial charge in [-0.1, -0.05) is 48.5 Å². The predicted molar refractivity (Wildman–Crippen MR) is 68.4 cm³/mol. The maximum atomic E-state index is 11.7. The van der Waals surface area contributed by atoms with Gasteiger partial charge in [0.2, 0.25) is 0 Å². The van der Waals surface area contributed by atoms with Crippen LogP contribution in [0.25, 0.3) is 0 Å². The van der Waals surface area contributed by atoms with E-state index in [9.17, 15) is 9.90 Å². The van der Waals surface area contributed by atoms with Crippen LogP contribution in [-0.4, -0.2) is 11.1 Å². The first-order valence-electron chi connectivity index (χ1n) is 6.08. The van der Waals surface area contributed by atoms with Crippen molar-refractivity contribution in [3.8, 4) is 0 Å². The Morgan fingerprint density at radius 2 is 1.44 bits per heavy atom. The Labute approximate surface area is 100 Å². The van der Waals surface area contributed by atoms with E-state index >= 15 is 0 Å². The van der Waals surface area contributed by atoms with Gasteiger partial charge in [0.25, 0.3) is 0 Å². The predicted octanol–water partition coefficient (Wildman–Crippen LogP) is 4.20. The molecule has 0 heterocycles. The zero-order valence-corrected chi connectivity index (χ0v) is 12.1. The van der Waals surface area contributed by atoms with Gasteiger partial charge in [0.15, 0.2) is 0 Å². The van der Waals surface area contributed by atoms with Crippen molar-refractivity contribution in [1.82, 2.24) is 0 Å². The van der Waals surface area contributed by atoms with Crippen molar-refractivity contribution in [3.05, 3.63) is 0 Å². The molecule has 0 saturated carbocycles. The molecule has 0 aliphatic heterocycles. The van der Waals surface area contributed by atoms with Crippen LogP contribution >= 0.6 is 0 Å². The zero-order chi connectivity index (χ0) is 13.4. The summed E-state index contributed by atoms with van der Waals surface area (Å²) >= 11 is 0. The first-order chi connectivity index (χ1) is 6.84. The highest BCUT2D eigenvalue weighted by molar-refractivity contribution is 5.75. The lowest BCUT2D eigenvalue weighted by Gasteiger charge is -2.47. The molecule has 0 fully saturated rings. The summed E-state index contributed by atoms with van der Waals surface area (Å²) in [6.45, 7) is 16.5. The van der Waals surface area contributed by atoms with Crippen LogP contribution in [0.5, 0.6) is 0 Å². The number of rotatable bonds is 4. The first-order valence-corrected chi connectivity index (χ1v) is 6.08. The van der Waals surface area contributed by atoms with Crippen molar-refractivity contribution in [2.24, 2.45) is 22.2 Å². The number of aliphatic carboxylic acids is 1. The van der Waals surface area contributed by atoms with Crippen LogP contribution in [-0.2, 0) is 4.79 Å². The summed E-state index contributed by atoms with van der Waals surface area (Å²) in [5, 5.41) is 9.58. The van der Waals surface area contributed by atoms with Crippen LogP contribution < -0.4 is 0 Å². The van der Waals surface area contributed by atoms with Crippen LogP contribution in [0.15, 0.2) is 0 Å². The molecule has 0 aromatic heterocycles. The van der Waals surface area contributed by atoms with Gasteiger partial charge >= 0.3 is 5.97 Å². The molecule has 0 aromatic rings.